The number of nitrogen functional groups attached to an aromatic ring is 1. The van der Waals surface area contributed by atoms with Gasteiger partial charge in [-0.05, 0) is 6.92 Å². The van der Waals surface area contributed by atoms with Gasteiger partial charge >= 0.3 is 0 Å². The third-order valence-electron chi connectivity index (χ3n) is 4.74. The normalized spacial score (nSPS) is 36.1. The molecule has 0 amide bonds. The van der Waals surface area contributed by atoms with Crippen LogP contribution in [0.5, 0.6) is 0 Å². The highest BCUT2D eigenvalue weighted by molar-refractivity contribution is 5.81. The molecule has 2 bridgehead atoms. The van der Waals surface area contributed by atoms with Gasteiger partial charge in [0.15, 0.2) is 17.7 Å². The molecule has 4 rings (SSSR count). The smallest absolute Gasteiger partial charge is 0.167 e. The van der Waals surface area contributed by atoms with Gasteiger partial charge in [-0.15, -0.1) is 0 Å². The Kier molecular flexibility index (Phi) is 3.27. The molecule has 3 unspecified atom stereocenters. The fourth-order valence-corrected chi connectivity index (χ4v) is 3.67. The van der Waals surface area contributed by atoms with Crippen LogP contribution in [-0.4, -0.2) is 64.3 Å². The Morgan fingerprint density at radius 2 is 2.17 bits per heavy atom. The first kappa shape index (κ1) is 14.8. The highest BCUT2D eigenvalue weighted by Crippen LogP contribution is 2.50. The minimum absolute atomic E-state index is 0.136. The molecule has 0 spiro atoms. The zero-order chi connectivity index (χ0) is 16.2. The van der Waals surface area contributed by atoms with E-state index < -0.39 is 11.8 Å². The monoisotopic (exact) mass is 321 g/mol. The number of anilines is 1. The molecular formula is C14H19N5O4. The maximum atomic E-state index is 6.34. The van der Waals surface area contributed by atoms with Crippen molar-refractivity contribution in [1.29, 1.82) is 0 Å². The van der Waals surface area contributed by atoms with Crippen molar-refractivity contribution in [3.8, 4) is 0 Å². The van der Waals surface area contributed by atoms with Gasteiger partial charge in [0, 0.05) is 14.2 Å². The first-order chi connectivity index (χ1) is 11.1. The minimum atomic E-state index is -0.659. The number of hydrogen-bond acceptors (Lipinski definition) is 8. The van der Waals surface area contributed by atoms with E-state index in [9.17, 15) is 0 Å². The molecule has 4 heterocycles. The number of nitrogens with two attached hydrogens (primary N) is 1. The average Bonchev–Trinajstić information content (AvgIpc) is 3.15. The molecule has 124 valence electrons. The predicted molar refractivity (Wildman–Crippen MR) is 79.6 cm³/mol. The highest BCUT2D eigenvalue weighted by Gasteiger charge is 2.66. The van der Waals surface area contributed by atoms with Gasteiger partial charge in [0.05, 0.1) is 19.0 Å². The Morgan fingerprint density at radius 3 is 2.91 bits per heavy atom. The van der Waals surface area contributed by atoms with Gasteiger partial charge in [0.1, 0.15) is 29.7 Å². The van der Waals surface area contributed by atoms with E-state index in [4.69, 9.17) is 24.7 Å². The first-order valence-corrected chi connectivity index (χ1v) is 7.40. The summed E-state index contributed by atoms with van der Waals surface area (Å²) >= 11 is 0. The Hall–Kier alpha value is -1.81. The predicted octanol–water partition coefficient (Wildman–Crippen LogP) is 0.125. The van der Waals surface area contributed by atoms with Crippen molar-refractivity contribution in [2.24, 2.45) is 0 Å². The summed E-state index contributed by atoms with van der Waals surface area (Å²) in [4.78, 5) is 12.5. The lowest BCUT2D eigenvalue weighted by atomic mass is 9.94. The van der Waals surface area contributed by atoms with Crippen LogP contribution >= 0.6 is 0 Å². The van der Waals surface area contributed by atoms with E-state index >= 15 is 0 Å². The van der Waals surface area contributed by atoms with Gasteiger partial charge in [-0.2, -0.15) is 0 Å². The van der Waals surface area contributed by atoms with Gasteiger partial charge in [0.2, 0.25) is 0 Å². The molecular weight excluding hydrogens is 302 g/mol. The van der Waals surface area contributed by atoms with Crippen molar-refractivity contribution in [1.82, 2.24) is 19.5 Å². The van der Waals surface area contributed by atoms with Crippen molar-refractivity contribution in [3.63, 3.8) is 0 Å². The molecule has 2 fully saturated rings. The lowest BCUT2D eigenvalue weighted by molar-refractivity contribution is -0.220. The molecule has 0 saturated carbocycles. The summed E-state index contributed by atoms with van der Waals surface area (Å²) in [6.07, 6.45) is 1.99. The van der Waals surface area contributed by atoms with Crippen molar-refractivity contribution in [2.45, 2.75) is 37.1 Å². The molecule has 0 radical (unpaired) electrons. The number of rotatable bonds is 4. The van der Waals surface area contributed by atoms with Crippen LogP contribution in [0.25, 0.3) is 11.2 Å². The number of aromatic nitrogens is 4. The molecule has 0 aromatic carbocycles. The third kappa shape index (κ3) is 1.84. The summed E-state index contributed by atoms with van der Waals surface area (Å²) in [5.74, 6) is 0.334. The maximum absolute atomic E-state index is 6.34. The lowest BCUT2D eigenvalue weighted by Gasteiger charge is -2.35. The van der Waals surface area contributed by atoms with Crippen LogP contribution in [0.1, 0.15) is 13.2 Å². The number of methoxy groups -OCH3 is 2. The molecule has 2 aliphatic rings. The van der Waals surface area contributed by atoms with Crippen LogP contribution in [-0.2, 0) is 18.9 Å². The van der Waals surface area contributed by atoms with Crippen molar-refractivity contribution >= 4 is 17.0 Å². The summed E-state index contributed by atoms with van der Waals surface area (Å²) in [5.41, 5.74) is 6.34. The molecule has 9 nitrogen and oxygen atoms in total. The lowest BCUT2D eigenvalue weighted by Crippen LogP contribution is -2.50. The van der Waals surface area contributed by atoms with E-state index in [1.54, 1.807) is 20.5 Å². The van der Waals surface area contributed by atoms with Crippen LogP contribution in [0.3, 0.4) is 0 Å². The Labute approximate surface area is 132 Å². The SMILES string of the molecule is COC[C@]12O[C@@H](n3cnc4c(N)ncnc43)C(OC1C)C2OC. The van der Waals surface area contributed by atoms with Crippen LogP contribution in [0.15, 0.2) is 12.7 Å². The molecule has 2 aromatic rings. The molecule has 2 aromatic heterocycles. The van der Waals surface area contributed by atoms with E-state index in [0.717, 1.165) is 0 Å². The fraction of sp³-hybridized carbons (Fsp3) is 0.643. The Balaban J connectivity index is 1.78. The van der Waals surface area contributed by atoms with Gasteiger partial charge in [0.25, 0.3) is 0 Å². The standard InChI is InChI=1S/C14H19N5O4/c1-7-14(4-20-2)10(21-3)9(22-7)13(23-14)19-6-18-8-11(15)16-5-17-12(8)19/h5-7,9-10,13H,4H2,1-3H3,(H2,15,16,17)/t7?,9?,10?,13-,14+/m1/s1. The van der Waals surface area contributed by atoms with E-state index in [1.807, 2.05) is 11.5 Å². The summed E-state index contributed by atoms with van der Waals surface area (Å²) in [7, 11) is 3.29. The second kappa shape index (κ2) is 5.10. The zero-order valence-corrected chi connectivity index (χ0v) is 13.2. The molecule has 5 atom stereocenters. The van der Waals surface area contributed by atoms with E-state index in [1.165, 1.54) is 6.33 Å². The fourth-order valence-electron chi connectivity index (χ4n) is 3.67. The summed E-state index contributed by atoms with van der Waals surface area (Å²) in [5, 5.41) is 0. The van der Waals surface area contributed by atoms with Gasteiger partial charge in [-0.25, -0.2) is 15.0 Å². The van der Waals surface area contributed by atoms with Gasteiger partial charge in [-0.1, -0.05) is 0 Å². The van der Waals surface area contributed by atoms with Gasteiger partial charge < -0.3 is 24.7 Å². The number of imidazole rings is 1. The Bertz CT molecular complexity index is 737. The summed E-state index contributed by atoms with van der Waals surface area (Å²) in [6.45, 7) is 2.34. The molecule has 23 heavy (non-hydrogen) atoms. The minimum Gasteiger partial charge on any atom is -0.382 e. The molecule has 2 N–H and O–H groups in total. The van der Waals surface area contributed by atoms with Crippen LogP contribution < -0.4 is 5.73 Å². The van der Waals surface area contributed by atoms with E-state index in [0.29, 0.717) is 23.6 Å². The molecule has 0 aliphatic carbocycles. The maximum Gasteiger partial charge on any atom is 0.167 e. The first-order valence-electron chi connectivity index (χ1n) is 7.40. The second-order valence-electron chi connectivity index (χ2n) is 5.88. The summed E-state index contributed by atoms with van der Waals surface area (Å²) < 4.78 is 25.3. The number of nitrogens with zero attached hydrogens (tertiary/aromatic N) is 4. The highest BCUT2D eigenvalue weighted by atomic mass is 16.7. The van der Waals surface area contributed by atoms with E-state index in [-0.39, 0.29) is 18.3 Å². The van der Waals surface area contributed by atoms with Crippen molar-refractivity contribution < 1.29 is 18.9 Å². The van der Waals surface area contributed by atoms with Gasteiger partial charge in [-0.3, -0.25) is 4.57 Å². The topological polar surface area (TPSA) is 107 Å². The van der Waals surface area contributed by atoms with Crippen LogP contribution in [0.4, 0.5) is 5.82 Å². The number of ether oxygens (including phenoxy) is 4. The summed E-state index contributed by atoms with van der Waals surface area (Å²) in [6, 6.07) is 0. The average molecular weight is 321 g/mol. The van der Waals surface area contributed by atoms with Crippen molar-refractivity contribution in [3.05, 3.63) is 12.7 Å². The molecule has 9 heteroatoms. The second-order valence-corrected chi connectivity index (χ2v) is 5.88. The zero-order valence-electron chi connectivity index (χ0n) is 13.2. The molecule has 2 aliphatic heterocycles. The van der Waals surface area contributed by atoms with Crippen LogP contribution in [0, 0.1) is 0 Å². The Morgan fingerprint density at radius 1 is 1.35 bits per heavy atom. The largest absolute Gasteiger partial charge is 0.382 e. The van der Waals surface area contributed by atoms with E-state index in [2.05, 4.69) is 15.0 Å². The van der Waals surface area contributed by atoms with Crippen molar-refractivity contribution in [2.75, 3.05) is 26.6 Å². The number of fused-ring (bicyclic) bond motifs is 3. The third-order valence-corrected chi connectivity index (χ3v) is 4.74. The number of hydrogen-bond donors (Lipinski definition) is 1. The molecule has 2 saturated heterocycles. The van der Waals surface area contributed by atoms with Crippen LogP contribution in [0.2, 0.25) is 0 Å². The quantitative estimate of drug-likeness (QED) is 0.846.